The molecule has 1 amide bonds. The van der Waals surface area contributed by atoms with Crippen LogP contribution >= 0.6 is 11.6 Å². The molecule has 0 N–H and O–H groups in total. The van der Waals surface area contributed by atoms with E-state index in [0.717, 1.165) is 70.2 Å². The lowest BCUT2D eigenvalue weighted by atomic mass is 9.93. The lowest BCUT2D eigenvalue weighted by molar-refractivity contribution is -0.0803. The molecule has 0 unspecified atom stereocenters. The van der Waals surface area contributed by atoms with E-state index in [9.17, 15) is 4.79 Å². The number of hydrogen-bond donors (Lipinski definition) is 0. The number of morpholine rings is 1. The molecule has 1 aromatic rings. The van der Waals surface area contributed by atoms with Gasteiger partial charge in [0, 0.05) is 55.9 Å². The Labute approximate surface area is 191 Å². The van der Waals surface area contributed by atoms with Crippen LogP contribution in [0.1, 0.15) is 39.2 Å². The number of rotatable bonds is 3. The Bertz CT molecular complexity index is 743. The van der Waals surface area contributed by atoms with Gasteiger partial charge in [0.15, 0.2) is 0 Å². The Kier molecular flexibility index (Phi) is 7.11. The predicted octanol–water partition coefficient (Wildman–Crippen LogP) is 3.67. The molecule has 3 fully saturated rings. The molecule has 31 heavy (non-hydrogen) atoms. The van der Waals surface area contributed by atoms with Crippen LogP contribution in [0, 0.1) is 0 Å². The maximum Gasteiger partial charge on any atom is 0.410 e. The van der Waals surface area contributed by atoms with E-state index in [1.165, 1.54) is 5.56 Å². The van der Waals surface area contributed by atoms with Crippen molar-refractivity contribution in [2.45, 2.75) is 63.8 Å². The van der Waals surface area contributed by atoms with Gasteiger partial charge in [-0.15, -0.1) is 0 Å². The first-order valence-corrected chi connectivity index (χ1v) is 12.0. The summed E-state index contributed by atoms with van der Waals surface area (Å²) in [6.45, 7) is 12.1. The van der Waals surface area contributed by atoms with Crippen molar-refractivity contribution < 1.29 is 14.3 Å². The fraction of sp³-hybridized carbons (Fsp3) is 0.708. The normalized spacial score (nSPS) is 26.5. The number of carbonyl (C=O) groups excluding carboxylic acids is 1. The lowest BCUT2D eigenvalue weighted by Gasteiger charge is -2.52. The third-order valence-corrected chi connectivity index (χ3v) is 6.91. The van der Waals surface area contributed by atoms with Crippen LogP contribution in [0.15, 0.2) is 24.3 Å². The SMILES string of the molecule is CC(C)(C)OC(=O)N1CCC(N2C[C@@H]3COCCN3C[C@@H]2Cc2ccc(Cl)cc2)CC1. The second kappa shape index (κ2) is 9.65. The number of ether oxygens (including phenoxy) is 2. The molecule has 0 aliphatic carbocycles. The molecular formula is C24H36ClN3O3. The molecule has 3 saturated heterocycles. The van der Waals surface area contributed by atoms with Crippen molar-refractivity contribution in [3.63, 3.8) is 0 Å². The van der Waals surface area contributed by atoms with Crippen LogP contribution in [0.4, 0.5) is 4.79 Å². The zero-order chi connectivity index (χ0) is 22.0. The Morgan fingerprint density at radius 2 is 1.81 bits per heavy atom. The van der Waals surface area contributed by atoms with Crippen molar-refractivity contribution in [1.29, 1.82) is 0 Å². The van der Waals surface area contributed by atoms with Crippen LogP contribution in [-0.4, -0.2) is 90.5 Å². The fourth-order valence-electron chi connectivity index (χ4n) is 5.09. The number of benzene rings is 1. The minimum absolute atomic E-state index is 0.186. The Hall–Kier alpha value is -1.34. The zero-order valence-corrected chi connectivity index (χ0v) is 19.8. The van der Waals surface area contributed by atoms with Gasteiger partial charge in [0.05, 0.1) is 13.2 Å². The zero-order valence-electron chi connectivity index (χ0n) is 19.1. The maximum absolute atomic E-state index is 12.5. The van der Waals surface area contributed by atoms with Gasteiger partial charge >= 0.3 is 6.09 Å². The third-order valence-electron chi connectivity index (χ3n) is 6.66. The quantitative estimate of drug-likeness (QED) is 0.704. The summed E-state index contributed by atoms with van der Waals surface area (Å²) in [4.78, 5) is 19.7. The van der Waals surface area contributed by atoms with Gasteiger partial charge in [-0.3, -0.25) is 9.80 Å². The summed E-state index contributed by atoms with van der Waals surface area (Å²) in [5, 5.41) is 0.784. The first-order chi connectivity index (χ1) is 14.8. The fourth-order valence-corrected chi connectivity index (χ4v) is 5.22. The van der Waals surface area contributed by atoms with Gasteiger partial charge in [-0.25, -0.2) is 4.79 Å². The van der Waals surface area contributed by atoms with Gasteiger partial charge < -0.3 is 14.4 Å². The molecule has 7 heteroatoms. The predicted molar refractivity (Wildman–Crippen MR) is 123 cm³/mol. The highest BCUT2D eigenvalue weighted by molar-refractivity contribution is 6.30. The Balaban J connectivity index is 1.42. The van der Waals surface area contributed by atoms with E-state index in [0.29, 0.717) is 18.1 Å². The summed E-state index contributed by atoms with van der Waals surface area (Å²) in [5.41, 5.74) is 0.881. The highest BCUT2D eigenvalue weighted by Crippen LogP contribution is 2.28. The van der Waals surface area contributed by atoms with Crippen molar-refractivity contribution in [3.8, 4) is 0 Å². The largest absolute Gasteiger partial charge is 0.444 e. The number of likely N-dealkylation sites (tertiary alicyclic amines) is 1. The molecule has 2 atom stereocenters. The van der Waals surface area contributed by atoms with Gasteiger partial charge in [0.1, 0.15) is 5.60 Å². The average molecular weight is 450 g/mol. The molecule has 172 valence electrons. The highest BCUT2D eigenvalue weighted by atomic mass is 35.5. The summed E-state index contributed by atoms with van der Waals surface area (Å²) >= 11 is 6.10. The smallest absolute Gasteiger partial charge is 0.410 e. The van der Waals surface area contributed by atoms with Gasteiger partial charge in [0.2, 0.25) is 0 Å². The van der Waals surface area contributed by atoms with Crippen molar-refractivity contribution in [1.82, 2.24) is 14.7 Å². The van der Waals surface area contributed by atoms with Crippen LogP contribution in [0.5, 0.6) is 0 Å². The van der Waals surface area contributed by atoms with E-state index in [2.05, 4.69) is 21.9 Å². The number of amides is 1. The topological polar surface area (TPSA) is 45.3 Å². The summed E-state index contributed by atoms with van der Waals surface area (Å²) in [6.07, 6.45) is 2.82. The van der Waals surface area contributed by atoms with Gasteiger partial charge in [0.25, 0.3) is 0 Å². The summed E-state index contributed by atoms with van der Waals surface area (Å²) < 4.78 is 11.4. The number of hydrogen-bond acceptors (Lipinski definition) is 5. The molecule has 0 radical (unpaired) electrons. The second-order valence-corrected chi connectivity index (χ2v) is 10.5. The summed E-state index contributed by atoms with van der Waals surface area (Å²) in [6, 6.07) is 9.70. The molecule has 0 spiro atoms. The lowest BCUT2D eigenvalue weighted by Crippen LogP contribution is -2.65. The standard InChI is InChI=1S/C24H36ClN3O3/c1-24(2,3)31-23(29)26-10-8-20(9-11-26)28-16-22-17-30-13-12-27(22)15-21(28)14-18-4-6-19(25)7-5-18/h4-7,20-22H,8-17H2,1-3H3/t21-,22+/m0/s1. The van der Waals surface area contributed by atoms with Crippen LogP contribution in [0.2, 0.25) is 5.02 Å². The first kappa shape index (κ1) is 22.8. The van der Waals surface area contributed by atoms with Crippen LogP contribution in [0.25, 0.3) is 0 Å². The molecule has 0 saturated carbocycles. The average Bonchev–Trinajstić information content (AvgIpc) is 2.74. The summed E-state index contributed by atoms with van der Waals surface area (Å²) in [5.74, 6) is 0. The second-order valence-electron chi connectivity index (χ2n) is 10.1. The van der Waals surface area contributed by atoms with E-state index < -0.39 is 5.60 Å². The number of piperidine rings is 1. The number of carbonyl (C=O) groups is 1. The van der Waals surface area contributed by atoms with Crippen molar-refractivity contribution in [2.75, 3.05) is 45.9 Å². The minimum Gasteiger partial charge on any atom is -0.444 e. The van der Waals surface area contributed by atoms with Crippen molar-refractivity contribution in [3.05, 3.63) is 34.9 Å². The van der Waals surface area contributed by atoms with E-state index in [-0.39, 0.29) is 6.09 Å². The van der Waals surface area contributed by atoms with E-state index >= 15 is 0 Å². The van der Waals surface area contributed by atoms with E-state index in [4.69, 9.17) is 21.1 Å². The number of fused-ring (bicyclic) bond motifs is 1. The van der Waals surface area contributed by atoms with Crippen LogP contribution in [-0.2, 0) is 15.9 Å². The molecule has 4 rings (SSSR count). The van der Waals surface area contributed by atoms with Crippen molar-refractivity contribution >= 4 is 17.7 Å². The Morgan fingerprint density at radius 3 is 2.48 bits per heavy atom. The Morgan fingerprint density at radius 1 is 1.10 bits per heavy atom. The van der Waals surface area contributed by atoms with Gasteiger partial charge in [-0.1, -0.05) is 23.7 Å². The summed E-state index contributed by atoms with van der Waals surface area (Å²) in [7, 11) is 0. The first-order valence-electron chi connectivity index (χ1n) is 11.6. The van der Waals surface area contributed by atoms with E-state index in [1.807, 2.05) is 37.8 Å². The molecule has 3 heterocycles. The maximum atomic E-state index is 12.5. The molecular weight excluding hydrogens is 414 g/mol. The molecule has 6 nitrogen and oxygen atoms in total. The molecule has 3 aliphatic heterocycles. The minimum atomic E-state index is -0.449. The highest BCUT2D eigenvalue weighted by Gasteiger charge is 2.40. The van der Waals surface area contributed by atoms with Crippen LogP contribution in [0.3, 0.4) is 0 Å². The van der Waals surface area contributed by atoms with Gasteiger partial charge in [-0.05, 0) is 57.7 Å². The molecule has 3 aliphatic rings. The monoisotopic (exact) mass is 449 g/mol. The van der Waals surface area contributed by atoms with Gasteiger partial charge in [-0.2, -0.15) is 0 Å². The van der Waals surface area contributed by atoms with Crippen molar-refractivity contribution in [2.24, 2.45) is 0 Å². The number of nitrogens with zero attached hydrogens (tertiary/aromatic N) is 3. The van der Waals surface area contributed by atoms with Crippen LogP contribution < -0.4 is 0 Å². The number of piperazine rings is 1. The molecule has 0 bridgehead atoms. The van der Waals surface area contributed by atoms with E-state index in [1.54, 1.807) is 0 Å². The third kappa shape index (κ3) is 5.92. The molecule has 1 aromatic carbocycles. The molecule has 0 aromatic heterocycles. The number of halogens is 1.